The minimum absolute atomic E-state index is 0.203. The number of aliphatic hydroxyl groups is 1. The van der Waals surface area contributed by atoms with Crippen molar-refractivity contribution >= 4 is 0 Å². The number of rotatable bonds is 7. The average Bonchev–Trinajstić information content (AvgIpc) is 2.84. The van der Waals surface area contributed by atoms with Crippen LogP contribution in [0.3, 0.4) is 0 Å². The summed E-state index contributed by atoms with van der Waals surface area (Å²) >= 11 is 0. The first kappa shape index (κ1) is 15.4. The maximum absolute atomic E-state index is 9.68. The smallest absolute Gasteiger partial charge is 0.157 e. The van der Waals surface area contributed by atoms with Crippen molar-refractivity contribution in [3.05, 3.63) is 35.9 Å². The van der Waals surface area contributed by atoms with E-state index in [1.54, 1.807) is 14.2 Å². The van der Waals surface area contributed by atoms with Crippen molar-refractivity contribution in [2.75, 3.05) is 20.8 Å². The molecule has 1 aromatic rings. The summed E-state index contributed by atoms with van der Waals surface area (Å²) in [7, 11) is 3.21. The lowest BCUT2D eigenvalue weighted by Crippen LogP contribution is -2.40. The predicted octanol–water partition coefficient (Wildman–Crippen LogP) is 1.34. The van der Waals surface area contributed by atoms with Crippen LogP contribution in [-0.2, 0) is 25.6 Å². The summed E-state index contributed by atoms with van der Waals surface area (Å²) in [6.07, 6.45) is -1.14. The van der Waals surface area contributed by atoms with Crippen LogP contribution in [0, 0.1) is 0 Å². The van der Waals surface area contributed by atoms with Gasteiger partial charge in [0, 0.05) is 20.6 Å². The molecule has 0 spiro atoms. The van der Waals surface area contributed by atoms with Gasteiger partial charge in [-0.2, -0.15) is 0 Å². The Kier molecular flexibility index (Phi) is 5.94. The molecule has 5 nitrogen and oxygen atoms in total. The van der Waals surface area contributed by atoms with Crippen LogP contribution < -0.4 is 0 Å². The molecule has 0 aliphatic carbocycles. The number of aliphatic hydroxyl groups excluding tert-OH is 1. The van der Waals surface area contributed by atoms with Crippen LogP contribution in [0.1, 0.15) is 12.0 Å². The highest BCUT2D eigenvalue weighted by Gasteiger charge is 2.40. The molecule has 0 amide bonds. The van der Waals surface area contributed by atoms with Gasteiger partial charge in [0.2, 0.25) is 0 Å². The van der Waals surface area contributed by atoms with E-state index in [2.05, 4.69) is 0 Å². The Bertz CT molecular complexity index is 383. The van der Waals surface area contributed by atoms with E-state index in [4.69, 9.17) is 18.9 Å². The highest BCUT2D eigenvalue weighted by molar-refractivity contribution is 5.13. The summed E-state index contributed by atoms with van der Waals surface area (Å²) in [4.78, 5) is 0. The van der Waals surface area contributed by atoms with Crippen LogP contribution in [0.5, 0.6) is 0 Å². The molecule has 1 aliphatic heterocycles. The molecule has 0 bridgehead atoms. The maximum Gasteiger partial charge on any atom is 0.157 e. The lowest BCUT2D eigenvalue weighted by Gasteiger charge is -2.26. The average molecular weight is 282 g/mol. The SMILES string of the molecule is COCC(OC)[C@H]1O[C@H](O)C[C@H]1OCc1ccccc1. The largest absolute Gasteiger partial charge is 0.382 e. The third-order valence-corrected chi connectivity index (χ3v) is 3.42. The van der Waals surface area contributed by atoms with Crippen molar-refractivity contribution in [2.45, 2.75) is 37.6 Å². The Hall–Kier alpha value is -0.980. The standard InChI is InChI=1S/C15H22O5/c1-17-10-13(18-2)15-12(8-14(16)20-15)19-9-11-6-4-3-5-7-11/h3-7,12-16H,8-10H2,1-2H3/t12-,13?,14+,15+/m1/s1. The van der Waals surface area contributed by atoms with Crippen LogP contribution >= 0.6 is 0 Å². The van der Waals surface area contributed by atoms with Crippen molar-refractivity contribution in [2.24, 2.45) is 0 Å². The number of methoxy groups -OCH3 is 2. The summed E-state index contributed by atoms with van der Waals surface area (Å²) < 4.78 is 21.8. The van der Waals surface area contributed by atoms with E-state index in [0.717, 1.165) is 5.56 Å². The van der Waals surface area contributed by atoms with Gasteiger partial charge in [-0.1, -0.05) is 30.3 Å². The van der Waals surface area contributed by atoms with Crippen LogP contribution in [0.4, 0.5) is 0 Å². The van der Waals surface area contributed by atoms with E-state index in [1.807, 2.05) is 30.3 Å². The molecule has 4 atom stereocenters. The van der Waals surface area contributed by atoms with Crippen LogP contribution in [0.25, 0.3) is 0 Å². The van der Waals surface area contributed by atoms with Gasteiger partial charge >= 0.3 is 0 Å². The molecule has 112 valence electrons. The Labute approximate surface area is 119 Å². The van der Waals surface area contributed by atoms with Gasteiger partial charge in [0.1, 0.15) is 12.2 Å². The summed E-state index contributed by atoms with van der Waals surface area (Å²) in [5, 5.41) is 9.68. The van der Waals surface area contributed by atoms with Gasteiger partial charge in [-0.05, 0) is 5.56 Å². The van der Waals surface area contributed by atoms with Crippen LogP contribution in [-0.4, -0.2) is 50.5 Å². The Morgan fingerprint density at radius 1 is 1.30 bits per heavy atom. The molecule has 1 fully saturated rings. The van der Waals surface area contributed by atoms with Crippen LogP contribution in [0.2, 0.25) is 0 Å². The van der Waals surface area contributed by atoms with Gasteiger partial charge in [-0.3, -0.25) is 0 Å². The minimum atomic E-state index is -0.810. The fraction of sp³-hybridized carbons (Fsp3) is 0.600. The minimum Gasteiger partial charge on any atom is -0.382 e. The van der Waals surface area contributed by atoms with Gasteiger partial charge in [-0.25, -0.2) is 0 Å². The fourth-order valence-corrected chi connectivity index (χ4v) is 2.39. The first-order chi connectivity index (χ1) is 9.74. The maximum atomic E-state index is 9.68. The third-order valence-electron chi connectivity index (χ3n) is 3.42. The molecule has 0 aromatic heterocycles. The summed E-state index contributed by atoms with van der Waals surface area (Å²) in [5.41, 5.74) is 1.09. The zero-order valence-electron chi connectivity index (χ0n) is 11.9. The van der Waals surface area contributed by atoms with Crippen molar-refractivity contribution in [1.29, 1.82) is 0 Å². The summed E-state index contributed by atoms with van der Waals surface area (Å²) in [6, 6.07) is 9.92. The van der Waals surface area contributed by atoms with E-state index in [1.165, 1.54) is 0 Å². The highest BCUT2D eigenvalue weighted by Crippen LogP contribution is 2.26. The predicted molar refractivity (Wildman–Crippen MR) is 73.2 cm³/mol. The number of benzene rings is 1. The molecule has 20 heavy (non-hydrogen) atoms. The van der Waals surface area contributed by atoms with Crippen molar-refractivity contribution in [1.82, 2.24) is 0 Å². The van der Waals surface area contributed by atoms with E-state index >= 15 is 0 Å². The molecule has 0 radical (unpaired) electrons. The monoisotopic (exact) mass is 282 g/mol. The Balaban J connectivity index is 1.94. The molecule has 2 rings (SSSR count). The van der Waals surface area contributed by atoms with Crippen molar-refractivity contribution in [3.8, 4) is 0 Å². The van der Waals surface area contributed by atoms with E-state index in [0.29, 0.717) is 19.6 Å². The second-order valence-corrected chi connectivity index (χ2v) is 4.86. The van der Waals surface area contributed by atoms with E-state index < -0.39 is 6.29 Å². The van der Waals surface area contributed by atoms with Gasteiger partial charge < -0.3 is 24.1 Å². The second-order valence-electron chi connectivity index (χ2n) is 4.86. The van der Waals surface area contributed by atoms with Crippen LogP contribution in [0.15, 0.2) is 30.3 Å². The first-order valence-electron chi connectivity index (χ1n) is 6.75. The number of hydrogen-bond donors (Lipinski definition) is 1. The molecule has 1 heterocycles. The molecule has 0 saturated carbocycles. The lowest BCUT2D eigenvalue weighted by molar-refractivity contribution is -0.152. The Morgan fingerprint density at radius 3 is 2.70 bits per heavy atom. The number of ether oxygens (including phenoxy) is 4. The van der Waals surface area contributed by atoms with Gasteiger partial charge in [0.05, 0.1) is 19.3 Å². The summed E-state index contributed by atoms with van der Waals surface area (Å²) in [6.45, 7) is 0.889. The lowest BCUT2D eigenvalue weighted by atomic mass is 10.1. The second kappa shape index (κ2) is 7.71. The van der Waals surface area contributed by atoms with Gasteiger partial charge in [0.15, 0.2) is 6.29 Å². The molecule has 1 N–H and O–H groups in total. The fourth-order valence-electron chi connectivity index (χ4n) is 2.39. The molecule has 5 heteroatoms. The number of hydrogen-bond acceptors (Lipinski definition) is 5. The summed E-state index contributed by atoms with van der Waals surface area (Å²) in [5.74, 6) is 0. The molecule has 1 saturated heterocycles. The molecule has 1 unspecified atom stereocenters. The van der Waals surface area contributed by atoms with Crippen molar-refractivity contribution in [3.63, 3.8) is 0 Å². The Morgan fingerprint density at radius 2 is 2.05 bits per heavy atom. The third kappa shape index (κ3) is 4.01. The highest BCUT2D eigenvalue weighted by atomic mass is 16.7. The quantitative estimate of drug-likeness (QED) is 0.818. The van der Waals surface area contributed by atoms with E-state index in [9.17, 15) is 5.11 Å². The van der Waals surface area contributed by atoms with E-state index in [-0.39, 0.29) is 18.3 Å². The zero-order chi connectivity index (χ0) is 14.4. The zero-order valence-corrected chi connectivity index (χ0v) is 11.9. The topological polar surface area (TPSA) is 57.2 Å². The van der Waals surface area contributed by atoms with Gasteiger partial charge in [0.25, 0.3) is 0 Å². The van der Waals surface area contributed by atoms with Gasteiger partial charge in [-0.15, -0.1) is 0 Å². The normalized spacial score (nSPS) is 27.6. The molecule has 1 aromatic carbocycles. The molecular formula is C15H22O5. The van der Waals surface area contributed by atoms with Crippen molar-refractivity contribution < 1.29 is 24.1 Å². The molecule has 1 aliphatic rings. The first-order valence-corrected chi connectivity index (χ1v) is 6.75. The molecular weight excluding hydrogens is 260 g/mol.